The van der Waals surface area contributed by atoms with Crippen molar-refractivity contribution in [1.82, 2.24) is 0 Å². The summed E-state index contributed by atoms with van der Waals surface area (Å²) in [5, 5.41) is 2.59. The molecule has 2 heteroatoms. The van der Waals surface area contributed by atoms with Gasteiger partial charge in [0, 0.05) is 37.7 Å². The van der Waals surface area contributed by atoms with Crippen molar-refractivity contribution < 1.29 is 0 Å². The zero-order valence-corrected chi connectivity index (χ0v) is 35.6. The fraction of sp³-hybridized carbons (Fsp3) is 0.119. The fourth-order valence-electron chi connectivity index (χ4n) is 11.9. The van der Waals surface area contributed by atoms with Crippen LogP contribution in [0.3, 0.4) is 0 Å². The summed E-state index contributed by atoms with van der Waals surface area (Å²) in [5.41, 5.74) is 21.7. The third-order valence-electron chi connectivity index (χ3n) is 14.7. The molecule has 61 heavy (non-hydrogen) atoms. The van der Waals surface area contributed by atoms with Crippen molar-refractivity contribution in [3.05, 3.63) is 233 Å². The first-order chi connectivity index (χ1) is 29.8. The molecule has 0 bridgehead atoms. The van der Waals surface area contributed by atoms with Crippen LogP contribution in [0.4, 0.5) is 17.1 Å². The lowest BCUT2D eigenvalue weighted by Crippen LogP contribution is -2.32. The Morgan fingerprint density at radius 1 is 0.344 bits per heavy atom. The molecule has 1 atom stereocenters. The molecule has 1 heterocycles. The first-order valence-electron chi connectivity index (χ1n) is 21.6. The molecule has 0 radical (unpaired) electrons. The fourth-order valence-corrected chi connectivity index (χ4v) is 13.1. The topological polar surface area (TPSA) is 3.24 Å². The van der Waals surface area contributed by atoms with Crippen molar-refractivity contribution in [2.45, 2.75) is 53.7 Å². The van der Waals surface area contributed by atoms with E-state index in [1.165, 1.54) is 110 Å². The van der Waals surface area contributed by atoms with Gasteiger partial charge in [0.15, 0.2) is 0 Å². The van der Waals surface area contributed by atoms with E-state index in [4.69, 9.17) is 0 Å². The first-order valence-corrected chi connectivity index (χ1v) is 22.4. The number of rotatable bonds is 3. The van der Waals surface area contributed by atoms with Gasteiger partial charge < -0.3 is 4.90 Å². The van der Waals surface area contributed by atoms with Gasteiger partial charge in [-0.1, -0.05) is 179 Å². The van der Waals surface area contributed by atoms with E-state index in [1.54, 1.807) is 0 Å². The molecule has 1 spiro atoms. The molecule has 0 amide bonds. The van der Waals surface area contributed by atoms with Crippen molar-refractivity contribution >= 4 is 39.6 Å². The van der Waals surface area contributed by atoms with Crippen molar-refractivity contribution in [3.8, 4) is 33.4 Å². The van der Waals surface area contributed by atoms with Crippen LogP contribution in [0.15, 0.2) is 198 Å². The highest BCUT2D eigenvalue weighted by Crippen LogP contribution is 2.64. The number of hydrogen-bond acceptors (Lipinski definition) is 2. The molecule has 3 aliphatic carbocycles. The van der Waals surface area contributed by atoms with E-state index in [-0.39, 0.29) is 10.8 Å². The average molecular weight is 798 g/mol. The summed E-state index contributed by atoms with van der Waals surface area (Å²) in [4.78, 5) is 5.18. The summed E-state index contributed by atoms with van der Waals surface area (Å²) in [5.74, 6) is 0. The quantitative estimate of drug-likeness (QED) is 0.175. The lowest BCUT2D eigenvalue weighted by Gasteiger charge is -2.40. The summed E-state index contributed by atoms with van der Waals surface area (Å²) in [6, 6.07) is 71.7. The van der Waals surface area contributed by atoms with Crippen LogP contribution in [0, 0.1) is 0 Å². The monoisotopic (exact) mass is 797 g/mol. The Labute approximate surface area is 362 Å². The first kappa shape index (κ1) is 35.2. The highest BCUT2D eigenvalue weighted by molar-refractivity contribution is 7.99. The standard InChI is InChI=1S/C59H43NS/c1-57(2)47-20-10-7-17-41(47)44-29-26-38(34-52(44)57)60(39-27-30-45-42-18-8-11-21-48(42)58(3,4)53(45)35-39)37-28-31-50-46(33-37)43-19-9-12-22-49(43)59(50)51-23-13-14-24-54(51)61-55-32-25-36-15-5-6-16-40(36)56(55)59/h5-35H,1-4H3. The second kappa shape index (κ2) is 12.2. The van der Waals surface area contributed by atoms with Crippen LogP contribution in [0.1, 0.15) is 72.2 Å². The van der Waals surface area contributed by atoms with Gasteiger partial charge in [-0.3, -0.25) is 0 Å². The van der Waals surface area contributed by atoms with Crippen molar-refractivity contribution in [1.29, 1.82) is 0 Å². The molecule has 1 nitrogen and oxygen atoms in total. The normalized spacial score (nSPS) is 17.4. The van der Waals surface area contributed by atoms with Crippen LogP contribution >= 0.6 is 11.8 Å². The Hall–Kier alpha value is -6.61. The molecular formula is C59H43NS. The zero-order valence-electron chi connectivity index (χ0n) is 34.8. The number of nitrogens with zero attached hydrogens (tertiary/aromatic N) is 1. The molecule has 4 aliphatic rings. The molecule has 0 fully saturated rings. The molecule has 290 valence electrons. The van der Waals surface area contributed by atoms with E-state index in [0.717, 1.165) is 5.69 Å². The van der Waals surface area contributed by atoms with Gasteiger partial charge in [-0.2, -0.15) is 0 Å². The third-order valence-corrected chi connectivity index (χ3v) is 15.8. The van der Waals surface area contributed by atoms with Crippen LogP contribution in [0.5, 0.6) is 0 Å². The lowest BCUT2D eigenvalue weighted by molar-refractivity contribution is 0.660. The molecular weight excluding hydrogens is 755 g/mol. The van der Waals surface area contributed by atoms with Crippen LogP contribution in [0.25, 0.3) is 44.2 Å². The lowest BCUT2D eigenvalue weighted by atomic mass is 9.66. The minimum Gasteiger partial charge on any atom is -0.310 e. The van der Waals surface area contributed by atoms with Crippen LogP contribution in [0.2, 0.25) is 0 Å². The molecule has 1 unspecified atom stereocenters. The smallest absolute Gasteiger partial charge is 0.0741 e. The summed E-state index contributed by atoms with van der Waals surface area (Å²) >= 11 is 1.91. The van der Waals surface area contributed by atoms with Gasteiger partial charge in [-0.05, 0) is 137 Å². The van der Waals surface area contributed by atoms with E-state index in [1.807, 2.05) is 11.8 Å². The van der Waals surface area contributed by atoms with Gasteiger partial charge in [-0.15, -0.1) is 0 Å². The summed E-state index contributed by atoms with van der Waals surface area (Å²) < 4.78 is 0. The Balaban J connectivity index is 1.07. The van der Waals surface area contributed by atoms with Gasteiger partial charge in [0.25, 0.3) is 0 Å². The van der Waals surface area contributed by atoms with Crippen LogP contribution in [-0.4, -0.2) is 0 Å². The van der Waals surface area contributed by atoms with Crippen molar-refractivity contribution in [2.75, 3.05) is 4.90 Å². The number of fused-ring (bicyclic) bond motifs is 17. The highest BCUT2D eigenvalue weighted by atomic mass is 32.2. The van der Waals surface area contributed by atoms with E-state index in [2.05, 4.69) is 221 Å². The maximum atomic E-state index is 2.53. The number of anilines is 3. The van der Waals surface area contributed by atoms with E-state index in [0.29, 0.717) is 0 Å². The van der Waals surface area contributed by atoms with Gasteiger partial charge in [0.05, 0.1) is 5.41 Å². The molecule has 0 N–H and O–H groups in total. The van der Waals surface area contributed by atoms with E-state index < -0.39 is 5.41 Å². The molecule has 9 aromatic carbocycles. The van der Waals surface area contributed by atoms with Crippen LogP contribution in [-0.2, 0) is 16.2 Å². The summed E-state index contributed by atoms with van der Waals surface area (Å²) in [6.45, 7) is 9.53. The summed E-state index contributed by atoms with van der Waals surface area (Å²) in [7, 11) is 0. The van der Waals surface area contributed by atoms with Gasteiger partial charge in [-0.25, -0.2) is 0 Å². The Morgan fingerprint density at radius 2 is 0.820 bits per heavy atom. The second-order valence-corrected chi connectivity index (χ2v) is 19.5. The molecule has 0 saturated carbocycles. The van der Waals surface area contributed by atoms with Gasteiger partial charge in [0.2, 0.25) is 0 Å². The van der Waals surface area contributed by atoms with E-state index in [9.17, 15) is 0 Å². The Bertz CT molecular complexity index is 3260. The molecule has 1 aliphatic heterocycles. The SMILES string of the molecule is CC1(C)c2ccccc2-c2ccc(N(c3ccc4c(c3)-c3ccccc3C43c4ccccc4Sc4ccc5ccccc5c43)c3ccc4c(c3)C(C)(C)c3ccccc3-4)cc21. The average Bonchev–Trinajstić information content (AvgIpc) is 3.81. The number of hydrogen-bond donors (Lipinski definition) is 0. The summed E-state index contributed by atoms with van der Waals surface area (Å²) in [6.07, 6.45) is 0. The molecule has 13 rings (SSSR count). The predicted octanol–water partition coefficient (Wildman–Crippen LogP) is 15.7. The third kappa shape index (κ3) is 4.53. The minimum absolute atomic E-state index is 0.124. The second-order valence-electron chi connectivity index (χ2n) is 18.4. The van der Waals surface area contributed by atoms with Crippen molar-refractivity contribution in [3.63, 3.8) is 0 Å². The largest absolute Gasteiger partial charge is 0.310 e. The molecule has 9 aromatic rings. The Morgan fingerprint density at radius 3 is 1.48 bits per heavy atom. The maximum absolute atomic E-state index is 2.53. The van der Waals surface area contributed by atoms with Crippen molar-refractivity contribution in [2.24, 2.45) is 0 Å². The highest BCUT2D eigenvalue weighted by Gasteiger charge is 2.51. The predicted molar refractivity (Wildman–Crippen MR) is 255 cm³/mol. The zero-order chi connectivity index (χ0) is 40.8. The van der Waals surface area contributed by atoms with E-state index >= 15 is 0 Å². The van der Waals surface area contributed by atoms with Gasteiger partial charge in [0.1, 0.15) is 0 Å². The Kier molecular flexibility index (Phi) is 7.06. The minimum atomic E-state index is -0.472. The van der Waals surface area contributed by atoms with Gasteiger partial charge >= 0.3 is 0 Å². The molecule has 0 saturated heterocycles. The molecule has 0 aromatic heterocycles. The number of benzene rings is 9. The van der Waals surface area contributed by atoms with Crippen LogP contribution < -0.4 is 4.90 Å². The maximum Gasteiger partial charge on any atom is 0.0741 e.